The van der Waals surface area contributed by atoms with E-state index in [9.17, 15) is 4.79 Å². The topological polar surface area (TPSA) is 52.1 Å². The molecule has 0 amide bonds. The van der Waals surface area contributed by atoms with Crippen LogP contribution < -0.4 is 10.2 Å². The Balaban J connectivity index is 2.23. The van der Waals surface area contributed by atoms with Crippen molar-refractivity contribution in [2.24, 2.45) is 0 Å². The van der Waals surface area contributed by atoms with Gasteiger partial charge in [-0.2, -0.15) is 0 Å². The molecule has 0 N–H and O–H groups in total. The van der Waals surface area contributed by atoms with Crippen LogP contribution in [0.15, 0.2) is 41.2 Å². The number of fused-ring (bicyclic) bond motifs is 4. The van der Waals surface area contributed by atoms with E-state index in [1.807, 2.05) is 24.3 Å². The van der Waals surface area contributed by atoms with Gasteiger partial charge in [0.15, 0.2) is 0 Å². The molecule has 2 aliphatic rings. The number of rotatable bonds is 1. The maximum Gasteiger partial charge on any atom is 0.214 e. The highest BCUT2D eigenvalue weighted by atomic mass is 35.5. The summed E-state index contributed by atoms with van der Waals surface area (Å²) >= 11 is 7.63. The zero-order valence-electron chi connectivity index (χ0n) is 11.5. The summed E-state index contributed by atoms with van der Waals surface area (Å²) in [5.74, 6) is 0.504. The minimum atomic E-state index is -0.176. The van der Waals surface area contributed by atoms with Crippen LogP contribution in [0.25, 0.3) is 31.7 Å². The molecule has 22 heavy (non-hydrogen) atoms. The lowest BCUT2D eigenvalue weighted by atomic mass is 10.1. The van der Waals surface area contributed by atoms with E-state index in [2.05, 4.69) is 9.97 Å². The second kappa shape index (κ2) is 4.90. The van der Waals surface area contributed by atoms with Gasteiger partial charge in [-0.3, -0.25) is 4.79 Å². The molecule has 0 atom stereocenters. The highest BCUT2D eigenvalue weighted by molar-refractivity contribution is 7.21. The zero-order chi connectivity index (χ0) is 15.3. The Labute approximate surface area is 134 Å². The fourth-order valence-corrected chi connectivity index (χ4v) is 3.74. The van der Waals surface area contributed by atoms with E-state index in [1.165, 1.54) is 11.3 Å². The molecule has 1 aliphatic heterocycles. The Hall–Kier alpha value is -2.24. The number of hydrogen-bond acceptors (Lipinski definition) is 5. The molecule has 0 unspecified atom stereocenters. The summed E-state index contributed by atoms with van der Waals surface area (Å²) in [5, 5.41) is 1.58. The van der Waals surface area contributed by atoms with E-state index in [1.54, 1.807) is 19.2 Å². The normalized spacial score (nSPS) is 11.4. The highest BCUT2D eigenvalue weighted by Crippen LogP contribution is 2.38. The van der Waals surface area contributed by atoms with Crippen molar-refractivity contribution in [3.8, 4) is 16.5 Å². The van der Waals surface area contributed by atoms with E-state index in [0.29, 0.717) is 21.0 Å². The Morgan fingerprint density at radius 2 is 1.86 bits per heavy atom. The van der Waals surface area contributed by atoms with Crippen LogP contribution in [0, 0.1) is 0 Å². The smallest absolute Gasteiger partial charge is 0.214 e. The summed E-state index contributed by atoms with van der Waals surface area (Å²) < 4.78 is 5.13. The number of nitrogens with zero attached hydrogens (tertiary/aromatic N) is 2. The van der Waals surface area contributed by atoms with E-state index in [4.69, 9.17) is 16.3 Å². The predicted molar refractivity (Wildman–Crippen MR) is 89.4 cm³/mol. The lowest BCUT2D eigenvalue weighted by Crippen LogP contribution is -2.06. The molecule has 4 nitrogen and oxygen atoms in total. The number of aromatic nitrogens is 2. The van der Waals surface area contributed by atoms with Gasteiger partial charge >= 0.3 is 0 Å². The van der Waals surface area contributed by atoms with Gasteiger partial charge < -0.3 is 4.74 Å². The van der Waals surface area contributed by atoms with Crippen LogP contribution in [0.4, 0.5) is 0 Å². The van der Waals surface area contributed by atoms with E-state index in [-0.39, 0.29) is 10.5 Å². The minimum absolute atomic E-state index is 0.176. The van der Waals surface area contributed by atoms with E-state index in [0.717, 1.165) is 16.6 Å². The molecule has 1 aliphatic carbocycles. The molecule has 0 saturated heterocycles. The number of methoxy groups -OCH3 is 1. The van der Waals surface area contributed by atoms with Crippen LogP contribution in [-0.2, 0) is 0 Å². The number of benzene rings is 2. The fraction of sp³-hybridized carbons (Fsp3) is 0.0625. The molecule has 1 aromatic heterocycles. The molecule has 108 valence electrons. The maximum absolute atomic E-state index is 12.4. The average molecular weight is 329 g/mol. The first kappa shape index (κ1) is 13.4. The van der Waals surface area contributed by atoms with Gasteiger partial charge in [-0.05, 0) is 6.07 Å². The van der Waals surface area contributed by atoms with Crippen LogP contribution >= 0.6 is 22.9 Å². The molecule has 6 heteroatoms. The quantitative estimate of drug-likeness (QED) is 0.392. The first-order chi connectivity index (χ1) is 10.7. The molecule has 4 rings (SSSR count). The minimum Gasteiger partial charge on any atom is -0.481 e. The number of hydrogen-bond donors (Lipinski definition) is 0. The Morgan fingerprint density at radius 1 is 1.09 bits per heavy atom. The van der Waals surface area contributed by atoms with Gasteiger partial charge in [-0.25, -0.2) is 9.97 Å². The van der Waals surface area contributed by atoms with Gasteiger partial charge in [0.25, 0.3) is 0 Å². The zero-order valence-corrected chi connectivity index (χ0v) is 13.0. The third-order valence-electron chi connectivity index (χ3n) is 3.50. The molecule has 2 aromatic rings. The third kappa shape index (κ3) is 1.86. The van der Waals surface area contributed by atoms with Crippen LogP contribution in [0.2, 0.25) is 5.02 Å². The number of ether oxygens (including phenoxy) is 1. The first-order valence-corrected chi connectivity index (χ1v) is 7.74. The summed E-state index contributed by atoms with van der Waals surface area (Å²) in [6.45, 7) is 0. The van der Waals surface area contributed by atoms with Crippen molar-refractivity contribution in [2.75, 3.05) is 7.11 Å². The van der Waals surface area contributed by atoms with Gasteiger partial charge in [-0.15, -0.1) is 11.3 Å². The van der Waals surface area contributed by atoms with Gasteiger partial charge in [0.1, 0.15) is 15.4 Å². The fourth-order valence-electron chi connectivity index (χ4n) is 2.45. The molecule has 0 fully saturated rings. The highest BCUT2D eigenvalue weighted by Gasteiger charge is 2.19. The van der Waals surface area contributed by atoms with Crippen molar-refractivity contribution in [1.29, 1.82) is 0 Å². The van der Waals surface area contributed by atoms with Gasteiger partial charge in [0, 0.05) is 16.8 Å². The monoisotopic (exact) mass is 328 g/mol. The number of halogens is 1. The van der Waals surface area contributed by atoms with E-state index < -0.39 is 0 Å². The van der Waals surface area contributed by atoms with Gasteiger partial charge in [0.05, 0.1) is 17.7 Å². The first-order valence-electron chi connectivity index (χ1n) is 6.55. The molecule has 0 bridgehead atoms. The summed E-state index contributed by atoms with van der Waals surface area (Å²) in [4.78, 5) is 22.8. The molecule has 1 aromatic carbocycles. The summed E-state index contributed by atoms with van der Waals surface area (Å²) in [7, 11) is 1.56. The van der Waals surface area contributed by atoms with Crippen LogP contribution in [0.3, 0.4) is 0 Å². The summed E-state index contributed by atoms with van der Waals surface area (Å²) in [5.41, 5.74) is 1.30. The van der Waals surface area contributed by atoms with Crippen LogP contribution in [0.1, 0.15) is 0 Å². The maximum atomic E-state index is 12.4. The van der Waals surface area contributed by atoms with Crippen LogP contribution in [-0.4, -0.2) is 17.1 Å². The van der Waals surface area contributed by atoms with Crippen molar-refractivity contribution in [1.82, 2.24) is 9.97 Å². The average Bonchev–Trinajstić information content (AvgIpc) is 2.58. The van der Waals surface area contributed by atoms with Gasteiger partial charge in [0.2, 0.25) is 11.3 Å². The van der Waals surface area contributed by atoms with Crippen molar-refractivity contribution < 1.29 is 4.74 Å². The molecule has 0 spiro atoms. The molecule has 0 radical (unpaired) electrons. The Kier molecular flexibility index (Phi) is 2.99. The second-order valence-electron chi connectivity index (χ2n) is 4.76. The lowest BCUT2D eigenvalue weighted by Gasteiger charge is -2.11. The molecular formula is C16H9ClN2O2S. The summed E-state index contributed by atoms with van der Waals surface area (Å²) in [6.07, 6.45) is 0. The lowest BCUT2D eigenvalue weighted by molar-refractivity contribution is 0.400. The Bertz CT molecular complexity index is 1060. The third-order valence-corrected chi connectivity index (χ3v) is 5.06. The van der Waals surface area contributed by atoms with Crippen molar-refractivity contribution in [3.63, 3.8) is 0 Å². The van der Waals surface area contributed by atoms with Gasteiger partial charge in [-0.1, -0.05) is 35.9 Å². The van der Waals surface area contributed by atoms with E-state index >= 15 is 0 Å². The molecular weight excluding hydrogens is 320 g/mol. The second-order valence-corrected chi connectivity index (χ2v) is 6.14. The standard InChI is InChI=1S/C16H9ClN2O2S/c1-21-11-7-6-10-16(19-11)22-15-12(17)14(20)9-5-3-2-4-8(9)13(15)18-10/h2-7H,1H3. The largest absolute Gasteiger partial charge is 0.481 e. The van der Waals surface area contributed by atoms with Crippen molar-refractivity contribution >= 4 is 44.1 Å². The van der Waals surface area contributed by atoms with Crippen molar-refractivity contribution in [3.05, 3.63) is 51.6 Å². The molecule has 2 heterocycles. The summed E-state index contributed by atoms with van der Waals surface area (Å²) in [6, 6.07) is 11.0. The van der Waals surface area contributed by atoms with Crippen LogP contribution in [0.5, 0.6) is 5.88 Å². The SMILES string of the molecule is COc1ccc2nc3c4ccccc4c(=O)c(Cl)c-3sc2n1. The van der Waals surface area contributed by atoms with Crippen molar-refractivity contribution in [2.45, 2.75) is 0 Å². The number of pyridine rings is 1. The predicted octanol–water partition coefficient (Wildman–Crippen LogP) is 3.97. The Morgan fingerprint density at radius 3 is 2.64 bits per heavy atom. The molecule has 0 saturated carbocycles.